The Morgan fingerprint density at radius 3 is 2.11 bits per heavy atom. The second-order valence-corrected chi connectivity index (χ2v) is 20.2. The SMILES string of the molecule is CCCCCCCCCCCCCCCC(=O)N[C@H](CSP(=O)(O)OCC[N+](C)(C)C)[C@H](O)/C=C/CCCCCCCCCNc1cc([N+](=O)[O-])c2nonc2c1. The number of aromatic nitrogens is 2. The van der Waals surface area contributed by atoms with E-state index in [9.17, 15) is 29.5 Å². The number of benzene rings is 1. The van der Waals surface area contributed by atoms with Crippen molar-refractivity contribution < 1.29 is 37.9 Å². The number of aliphatic hydroxyl groups excluding tert-OH is 1. The molecule has 1 amide bonds. The molecule has 2 aromatic rings. The number of nitro benzene ring substituents is 1. The highest BCUT2D eigenvalue weighted by Gasteiger charge is 2.27. The van der Waals surface area contributed by atoms with Crippen molar-refractivity contribution in [1.29, 1.82) is 0 Å². The number of aliphatic hydroxyl groups is 1. The second kappa shape index (κ2) is 29.6. The van der Waals surface area contributed by atoms with Gasteiger partial charge in [0.2, 0.25) is 11.4 Å². The number of rotatable bonds is 36. The van der Waals surface area contributed by atoms with Crippen molar-refractivity contribution in [3.05, 3.63) is 34.4 Å². The standard InChI is InChI=1S/C41H73N6O8PS/c1-5-6-7-8-9-10-11-12-13-16-19-22-25-28-40(49)43-37(34-57-56(52,53)54-31-30-47(2,3)4)39(48)27-24-21-18-15-14-17-20-23-26-29-42-35-32-36-41(45-55-44-36)38(33-35)46(50)51/h24,27,32-33,37,39,48H,5-23,25-26,28-31,34H2,1-4H3,(H2-,42,43,44,49,52,53)/p+1/b27-24+/t37-,39-/m1/s1. The molecule has 0 aliphatic carbocycles. The zero-order chi connectivity index (χ0) is 41.8. The molecule has 0 fully saturated rings. The number of likely N-dealkylation sites (N-methyl/N-ethyl adjacent to an activating group) is 1. The predicted octanol–water partition coefficient (Wildman–Crippen LogP) is 10.1. The summed E-state index contributed by atoms with van der Waals surface area (Å²) in [5.41, 5.74) is 0.978. The van der Waals surface area contributed by atoms with E-state index < -0.39 is 23.9 Å². The van der Waals surface area contributed by atoms with Gasteiger partial charge in [-0.1, -0.05) is 128 Å². The van der Waals surface area contributed by atoms with E-state index in [0.717, 1.165) is 82.0 Å². The Bertz CT molecular complexity index is 1470. The minimum Gasteiger partial charge on any atom is -0.387 e. The maximum absolute atomic E-state index is 12.9. The summed E-state index contributed by atoms with van der Waals surface area (Å²) >= 11 is 0.753. The minimum absolute atomic E-state index is 0.0533. The molecule has 326 valence electrons. The Balaban J connectivity index is 1.66. The van der Waals surface area contributed by atoms with Gasteiger partial charge in [0.15, 0.2) is 0 Å². The second-order valence-electron chi connectivity index (χ2n) is 16.3. The van der Waals surface area contributed by atoms with Gasteiger partial charge in [0, 0.05) is 30.5 Å². The van der Waals surface area contributed by atoms with Crippen LogP contribution in [-0.4, -0.2) is 94.4 Å². The lowest BCUT2D eigenvalue weighted by molar-refractivity contribution is -0.870. The summed E-state index contributed by atoms with van der Waals surface area (Å²) in [6.07, 6.45) is 27.1. The zero-order valence-electron chi connectivity index (χ0n) is 35.3. The zero-order valence-corrected chi connectivity index (χ0v) is 37.0. The molecule has 0 saturated carbocycles. The summed E-state index contributed by atoms with van der Waals surface area (Å²) in [6.45, 7) is -0.310. The first-order valence-electron chi connectivity index (χ1n) is 21.5. The molecule has 1 heterocycles. The third kappa shape index (κ3) is 24.9. The molecule has 0 saturated heterocycles. The molecular weight excluding hydrogens is 768 g/mol. The predicted molar refractivity (Wildman–Crippen MR) is 232 cm³/mol. The van der Waals surface area contributed by atoms with Gasteiger partial charge in [-0.05, 0) is 53.4 Å². The van der Waals surface area contributed by atoms with E-state index in [1.54, 1.807) is 12.1 Å². The number of nitrogens with one attached hydrogen (secondary N) is 2. The third-order valence-corrected chi connectivity index (χ3v) is 13.0. The van der Waals surface area contributed by atoms with Crippen LogP contribution in [0, 0.1) is 10.1 Å². The third-order valence-electron chi connectivity index (χ3n) is 9.95. The molecule has 14 nitrogen and oxygen atoms in total. The van der Waals surface area contributed by atoms with Gasteiger partial charge in [0.1, 0.15) is 18.7 Å². The molecule has 57 heavy (non-hydrogen) atoms. The van der Waals surface area contributed by atoms with Crippen molar-refractivity contribution in [2.45, 2.75) is 160 Å². The van der Waals surface area contributed by atoms with Crippen molar-refractivity contribution in [2.75, 3.05) is 51.9 Å². The van der Waals surface area contributed by atoms with E-state index in [4.69, 9.17) is 4.52 Å². The van der Waals surface area contributed by atoms with Crippen LogP contribution in [0.4, 0.5) is 11.4 Å². The molecule has 0 bridgehead atoms. The van der Waals surface area contributed by atoms with Gasteiger partial charge in [0.05, 0.1) is 38.2 Å². The van der Waals surface area contributed by atoms with Crippen molar-refractivity contribution in [3.8, 4) is 0 Å². The summed E-state index contributed by atoms with van der Waals surface area (Å²) < 4.78 is 23.3. The highest BCUT2D eigenvalue weighted by molar-refractivity contribution is 8.54. The molecular formula is C41H74N6O8PS+. The molecule has 2 rings (SSSR count). The number of quaternary nitrogens is 1. The van der Waals surface area contributed by atoms with Gasteiger partial charge in [-0.3, -0.25) is 19.4 Å². The van der Waals surface area contributed by atoms with Crippen molar-refractivity contribution in [2.24, 2.45) is 0 Å². The maximum Gasteiger partial charge on any atom is 0.386 e. The Morgan fingerprint density at radius 2 is 1.51 bits per heavy atom. The van der Waals surface area contributed by atoms with Crippen molar-refractivity contribution in [3.63, 3.8) is 0 Å². The Labute approximate surface area is 345 Å². The molecule has 1 aromatic heterocycles. The number of fused-ring (bicyclic) bond motifs is 1. The van der Waals surface area contributed by atoms with E-state index in [-0.39, 0.29) is 29.5 Å². The summed E-state index contributed by atoms with van der Waals surface area (Å²) in [5.74, 6) is -0.0993. The lowest BCUT2D eigenvalue weighted by atomic mass is 10.0. The first kappa shape index (κ1) is 50.6. The van der Waals surface area contributed by atoms with Gasteiger partial charge >= 0.3 is 12.5 Å². The Kier molecular flexibility index (Phi) is 26.3. The fourth-order valence-electron chi connectivity index (χ4n) is 6.44. The first-order chi connectivity index (χ1) is 27.3. The number of nitrogens with zero attached hydrogens (tertiary/aromatic N) is 4. The highest BCUT2D eigenvalue weighted by atomic mass is 32.7. The average molecular weight is 842 g/mol. The topological polar surface area (TPSA) is 190 Å². The summed E-state index contributed by atoms with van der Waals surface area (Å²) in [4.78, 5) is 34.2. The number of nitro groups is 1. The molecule has 1 unspecified atom stereocenters. The first-order valence-corrected chi connectivity index (χ1v) is 24.7. The van der Waals surface area contributed by atoms with Crippen molar-refractivity contribution >= 4 is 46.5 Å². The Hall–Kier alpha value is -2.55. The van der Waals surface area contributed by atoms with E-state index >= 15 is 0 Å². The monoisotopic (exact) mass is 842 g/mol. The Morgan fingerprint density at radius 1 is 0.930 bits per heavy atom. The van der Waals surface area contributed by atoms with E-state index in [2.05, 4.69) is 32.5 Å². The molecule has 0 radical (unpaired) electrons. The number of allylic oxidation sites excluding steroid dienone is 1. The molecule has 3 atom stereocenters. The lowest BCUT2D eigenvalue weighted by Gasteiger charge is -2.25. The van der Waals surface area contributed by atoms with Gasteiger partial charge in [-0.2, -0.15) is 0 Å². The van der Waals surface area contributed by atoms with Crippen LogP contribution in [0.5, 0.6) is 0 Å². The number of anilines is 1. The van der Waals surface area contributed by atoms with Crippen LogP contribution < -0.4 is 10.6 Å². The van der Waals surface area contributed by atoms with Crippen LogP contribution in [0.15, 0.2) is 28.9 Å². The summed E-state index contributed by atoms with van der Waals surface area (Å²) in [5, 5.41) is 35.9. The maximum atomic E-state index is 12.9. The number of hydrogen-bond acceptors (Lipinski definition) is 11. The van der Waals surface area contributed by atoms with Gasteiger partial charge in [-0.25, -0.2) is 9.19 Å². The normalized spacial score (nSPS) is 14.2. The van der Waals surface area contributed by atoms with E-state index in [1.165, 1.54) is 70.3 Å². The van der Waals surface area contributed by atoms with Crippen LogP contribution in [0.25, 0.3) is 11.0 Å². The summed E-state index contributed by atoms with van der Waals surface area (Å²) in [7, 11) is 5.94. The van der Waals surface area contributed by atoms with Gasteiger partial charge in [-0.15, -0.1) is 0 Å². The van der Waals surface area contributed by atoms with Gasteiger partial charge < -0.3 is 25.1 Å². The average Bonchev–Trinajstić information content (AvgIpc) is 3.63. The molecule has 1 aromatic carbocycles. The largest absolute Gasteiger partial charge is 0.387 e. The van der Waals surface area contributed by atoms with Crippen LogP contribution in [0.3, 0.4) is 0 Å². The minimum atomic E-state index is -3.96. The van der Waals surface area contributed by atoms with E-state index in [1.807, 2.05) is 27.2 Å². The smallest absolute Gasteiger partial charge is 0.386 e. The quantitative estimate of drug-likeness (QED) is 0.0127. The summed E-state index contributed by atoms with van der Waals surface area (Å²) in [6, 6.07) is 2.44. The fraction of sp³-hybridized carbons (Fsp3) is 0.780. The van der Waals surface area contributed by atoms with Crippen LogP contribution >= 0.6 is 18.2 Å². The van der Waals surface area contributed by atoms with Gasteiger partial charge in [0.25, 0.3) is 0 Å². The number of unbranched alkanes of at least 4 members (excludes halogenated alkanes) is 19. The van der Waals surface area contributed by atoms with Crippen LogP contribution in [-0.2, 0) is 13.9 Å². The number of non-ortho nitro benzene ring substituents is 1. The van der Waals surface area contributed by atoms with Crippen LogP contribution in [0.2, 0.25) is 0 Å². The van der Waals surface area contributed by atoms with E-state index in [0.29, 0.717) is 35.2 Å². The highest BCUT2D eigenvalue weighted by Crippen LogP contribution is 2.55. The molecule has 0 spiro atoms. The number of hydrogen-bond donors (Lipinski definition) is 4. The molecule has 16 heteroatoms. The van der Waals surface area contributed by atoms with Crippen LogP contribution in [0.1, 0.15) is 148 Å². The molecule has 4 N–H and O–H groups in total. The number of carbonyl (C=O) groups excluding carboxylic acids is 1. The van der Waals surface area contributed by atoms with Crippen molar-refractivity contribution in [1.82, 2.24) is 15.6 Å². The number of amides is 1. The fourth-order valence-corrected chi connectivity index (χ4v) is 8.95. The molecule has 0 aliphatic heterocycles. The molecule has 0 aliphatic rings. The number of carbonyl (C=O) groups is 1. The lowest BCUT2D eigenvalue weighted by Crippen LogP contribution is -2.44.